The molecule has 1 aliphatic heterocycles. The molecule has 0 atom stereocenters. The van der Waals surface area contributed by atoms with E-state index in [1.54, 1.807) is 7.11 Å². The SMILES string of the molecule is COCc1nc(C)cc(Nc2ccc3c(c2)OCCO3)n1. The Hall–Kier alpha value is -2.34. The minimum Gasteiger partial charge on any atom is -0.486 e. The van der Waals surface area contributed by atoms with Crippen molar-refractivity contribution >= 4 is 11.5 Å². The molecule has 0 unspecified atom stereocenters. The van der Waals surface area contributed by atoms with Crippen LogP contribution in [0.1, 0.15) is 11.5 Å². The fourth-order valence-corrected chi connectivity index (χ4v) is 2.16. The van der Waals surface area contributed by atoms with E-state index in [-0.39, 0.29) is 0 Å². The van der Waals surface area contributed by atoms with Crippen molar-refractivity contribution in [3.63, 3.8) is 0 Å². The largest absolute Gasteiger partial charge is 0.486 e. The lowest BCUT2D eigenvalue weighted by molar-refractivity contribution is 0.171. The number of rotatable bonds is 4. The van der Waals surface area contributed by atoms with E-state index in [9.17, 15) is 0 Å². The van der Waals surface area contributed by atoms with Gasteiger partial charge in [0.25, 0.3) is 0 Å². The van der Waals surface area contributed by atoms with E-state index in [0.29, 0.717) is 25.6 Å². The Kier molecular flexibility index (Phi) is 3.87. The van der Waals surface area contributed by atoms with E-state index in [2.05, 4.69) is 15.3 Å². The molecule has 0 amide bonds. The molecule has 1 aromatic carbocycles. The van der Waals surface area contributed by atoms with Gasteiger partial charge < -0.3 is 19.5 Å². The summed E-state index contributed by atoms with van der Waals surface area (Å²) in [5, 5.41) is 3.25. The lowest BCUT2D eigenvalue weighted by Crippen LogP contribution is -2.15. The Morgan fingerprint density at radius 1 is 1.14 bits per heavy atom. The van der Waals surface area contributed by atoms with Crippen LogP contribution in [0, 0.1) is 6.92 Å². The van der Waals surface area contributed by atoms with Crippen LogP contribution in [-0.2, 0) is 11.3 Å². The number of anilines is 2. The van der Waals surface area contributed by atoms with Gasteiger partial charge >= 0.3 is 0 Å². The summed E-state index contributed by atoms with van der Waals surface area (Å²) in [6.45, 7) is 3.47. The number of nitrogens with zero attached hydrogens (tertiary/aromatic N) is 2. The van der Waals surface area contributed by atoms with Crippen molar-refractivity contribution in [3.8, 4) is 11.5 Å². The van der Waals surface area contributed by atoms with Crippen LogP contribution in [0.15, 0.2) is 24.3 Å². The monoisotopic (exact) mass is 287 g/mol. The normalized spacial score (nSPS) is 13.0. The molecule has 0 spiro atoms. The van der Waals surface area contributed by atoms with Crippen molar-refractivity contribution in [2.45, 2.75) is 13.5 Å². The first-order valence-electron chi connectivity index (χ1n) is 6.75. The highest BCUT2D eigenvalue weighted by atomic mass is 16.6. The summed E-state index contributed by atoms with van der Waals surface area (Å²) in [6.07, 6.45) is 0. The average molecular weight is 287 g/mol. The maximum absolute atomic E-state index is 5.57. The summed E-state index contributed by atoms with van der Waals surface area (Å²) < 4.78 is 16.1. The predicted molar refractivity (Wildman–Crippen MR) is 78.2 cm³/mol. The molecule has 6 heteroatoms. The van der Waals surface area contributed by atoms with Crippen molar-refractivity contribution < 1.29 is 14.2 Å². The standard InChI is InChI=1S/C15H17N3O3/c1-10-7-14(18-15(16-10)9-19-2)17-11-3-4-12-13(8-11)21-6-5-20-12/h3-4,7-8H,5-6,9H2,1-2H3,(H,16,17,18). The molecule has 0 fully saturated rings. The molecule has 1 aromatic heterocycles. The van der Waals surface area contributed by atoms with Gasteiger partial charge in [0.15, 0.2) is 17.3 Å². The maximum Gasteiger partial charge on any atom is 0.163 e. The van der Waals surface area contributed by atoms with Crippen LogP contribution in [0.3, 0.4) is 0 Å². The Morgan fingerprint density at radius 2 is 1.95 bits per heavy atom. The molecule has 0 bridgehead atoms. The van der Waals surface area contributed by atoms with Crippen LogP contribution in [0.2, 0.25) is 0 Å². The smallest absolute Gasteiger partial charge is 0.163 e. The summed E-state index contributed by atoms with van der Waals surface area (Å²) in [5.41, 5.74) is 1.78. The summed E-state index contributed by atoms with van der Waals surface area (Å²) in [6, 6.07) is 7.61. The topological polar surface area (TPSA) is 65.5 Å². The fraction of sp³-hybridized carbons (Fsp3) is 0.333. The van der Waals surface area contributed by atoms with Crippen molar-refractivity contribution in [1.82, 2.24) is 9.97 Å². The minimum atomic E-state index is 0.386. The minimum absolute atomic E-state index is 0.386. The number of benzene rings is 1. The Balaban J connectivity index is 1.83. The van der Waals surface area contributed by atoms with Gasteiger partial charge in [-0.1, -0.05) is 0 Å². The first-order chi connectivity index (χ1) is 10.2. The molecule has 3 rings (SSSR count). The highest BCUT2D eigenvalue weighted by molar-refractivity contribution is 5.61. The van der Waals surface area contributed by atoms with Gasteiger partial charge in [0.2, 0.25) is 0 Å². The molecule has 0 saturated heterocycles. The number of aromatic nitrogens is 2. The second-order valence-electron chi connectivity index (χ2n) is 4.73. The molecule has 2 heterocycles. The van der Waals surface area contributed by atoms with E-state index in [1.165, 1.54) is 0 Å². The molecule has 1 N–H and O–H groups in total. The number of aryl methyl sites for hydroxylation is 1. The molecule has 110 valence electrons. The van der Waals surface area contributed by atoms with E-state index in [1.807, 2.05) is 31.2 Å². The number of hydrogen-bond acceptors (Lipinski definition) is 6. The lowest BCUT2D eigenvalue weighted by atomic mass is 10.2. The quantitative estimate of drug-likeness (QED) is 0.931. The Morgan fingerprint density at radius 3 is 2.76 bits per heavy atom. The number of hydrogen-bond donors (Lipinski definition) is 1. The first kappa shape index (κ1) is 13.6. The third-order valence-corrected chi connectivity index (χ3v) is 2.99. The molecule has 1 aliphatic rings. The number of nitrogens with one attached hydrogen (secondary N) is 1. The Labute approximate surface area is 123 Å². The summed E-state index contributed by atoms with van der Waals surface area (Å²) in [5.74, 6) is 2.89. The van der Waals surface area contributed by atoms with Gasteiger partial charge in [0, 0.05) is 30.6 Å². The second-order valence-corrected chi connectivity index (χ2v) is 4.73. The maximum atomic E-state index is 5.57. The van der Waals surface area contributed by atoms with E-state index >= 15 is 0 Å². The van der Waals surface area contributed by atoms with Crippen LogP contribution < -0.4 is 14.8 Å². The van der Waals surface area contributed by atoms with Gasteiger partial charge in [0.05, 0.1) is 0 Å². The average Bonchev–Trinajstić information content (AvgIpc) is 2.47. The van der Waals surface area contributed by atoms with Gasteiger partial charge in [-0.25, -0.2) is 9.97 Å². The second kappa shape index (κ2) is 5.97. The number of ether oxygens (including phenoxy) is 3. The van der Waals surface area contributed by atoms with E-state index < -0.39 is 0 Å². The third kappa shape index (κ3) is 3.22. The van der Waals surface area contributed by atoms with Gasteiger partial charge in [-0.3, -0.25) is 0 Å². The highest BCUT2D eigenvalue weighted by Crippen LogP contribution is 2.33. The molecular weight excluding hydrogens is 270 g/mol. The fourth-order valence-electron chi connectivity index (χ4n) is 2.16. The van der Waals surface area contributed by atoms with Crippen molar-refractivity contribution in [2.24, 2.45) is 0 Å². The van der Waals surface area contributed by atoms with Crippen LogP contribution in [-0.4, -0.2) is 30.3 Å². The molecular formula is C15H17N3O3. The van der Waals surface area contributed by atoms with Crippen molar-refractivity contribution in [1.29, 1.82) is 0 Å². The number of methoxy groups -OCH3 is 1. The van der Waals surface area contributed by atoms with Crippen LogP contribution in [0.5, 0.6) is 11.5 Å². The Bertz CT molecular complexity index is 646. The van der Waals surface area contributed by atoms with Crippen molar-refractivity contribution in [2.75, 3.05) is 25.6 Å². The van der Waals surface area contributed by atoms with Gasteiger partial charge in [-0.2, -0.15) is 0 Å². The third-order valence-electron chi connectivity index (χ3n) is 2.99. The molecule has 0 saturated carbocycles. The van der Waals surface area contributed by atoms with E-state index in [4.69, 9.17) is 14.2 Å². The van der Waals surface area contributed by atoms with Crippen LogP contribution in [0.25, 0.3) is 0 Å². The number of fused-ring (bicyclic) bond motifs is 1. The van der Waals surface area contributed by atoms with Crippen LogP contribution >= 0.6 is 0 Å². The van der Waals surface area contributed by atoms with Gasteiger partial charge in [-0.05, 0) is 19.1 Å². The summed E-state index contributed by atoms with van der Waals surface area (Å²) in [7, 11) is 1.62. The first-order valence-corrected chi connectivity index (χ1v) is 6.75. The van der Waals surface area contributed by atoms with Crippen molar-refractivity contribution in [3.05, 3.63) is 35.8 Å². The van der Waals surface area contributed by atoms with Gasteiger partial charge in [0.1, 0.15) is 25.6 Å². The molecule has 2 aromatic rings. The molecule has 0 aliphatic carbocycles. The molecule has 6 nitrogen and oxygen atoms in total. The molecule has 21 heavy (non-hydrogen) atoms. The summed E-state index contributed by atoms with van der Waals surface area (Å²) >= 11 is 0. The van der Waals surface area contributed by atoms with Crippen LogP contribution in [0.4, 0.5) is 11.5 Å². The summed E-state index contributed by atoms with van der Waals surface area (Å²) in [4.78, 5) is 8.73. The lowest BCUT2D eigenvalue weighted by Gasteiger charge is -2.19. The molecule has 0 radical (unpaired) electrons. The zero-order valence-corrected chi connectivity index (χ0v) is 12.0. The zero-order chi connectivity index (χ0) is 14.7. The van der Waals surface area contributed by atoms with E-state index in [0.717, 1.165) is 28.7 Å². The van der Waals surface area contributed by atoms with Gasteiger partial charge in [-0.15, -0.1) is 0 Å². The zero-order valence-electron chi connectivity index (χ0n) is 12.0. The highest BCUT2D eigenvalue weighted by Gasteiger charge is 2.12. The predicted octanol–water partition coefficient (Wildman–Crippen LogP) is 2.45.